The number of benzene rings is 2. The average molecular weight is 482 g/mol. The van der Waals surface area contributed by atoms with Gasteiger partial charge in [0.2, 0.25) is 0 Å². The minimum Gasteiger partial charge on any atom is -0.379 e. The topological polar surface area (TPSA) is 59.0 Å². The van der Waals surface area contributed by atoms with Crippen LogP contribution < -0.4 is 0 Å². The molecule has 0 saturated carbocycles. The maximum absolute atomic E-state index is 5.45. The van der Waals surface area contributed by atoms with Crippen molar-refractivity contribution in [3.63, 3.8) is 0 Å². The first-order valence-corrected chi connectivity index (χ1v) is 13.1. The van der Waals surface area contributed by atoms with E-state index in [1.54, 1.807) is 0 Å². The average Bonchev–Trinajstić information content (AvgIpc) is 3.65. The molecule has 1 aliphatic heterocycles. The second-order valence-electron chi connectivity index (χ2n) is 9.49. The largest absolute Gasteiger partial charge is 0.379 e. The van der Waals surface area contributed by atoms with Crippen molar-refractivity contribution in [3.05, 3.63) is 70.7 Å². The molecule has 5 aromatic rings. The van der Waals surface area contributed by atoms with E-state index in [1.165, 1.54) is 37.7 Å². The van der Waals surface area contributed by atoms with Crippen LogP contribution in [0.15, 0.2) is 54.7 Å². The highest BCUT2D eigenvalue weighted by Crippen LogP contribution is 2.46. The van der Waals surface area contributed by atoms with Crippen LogP contribution >= 0.6 is 11.3 Å². The number of thiophene rings is 1. The van der Waals surface area contributed by atoms with Crippen LogP contribution in [0.4, 0.5) is 0 Å². The third kappa shape index (κ3) is 3.71. The van der Waals surface area contributed by atoms with Crippen LogP contribution in [0, 0.1) is 0 Å². The summed E-state index contributed by atoms with van der Waals surface area (Å²) in [4.78, 5) is 5.24. The summed E-state index contributed by atoms with van der Waals surface area (Å²) in [6.45, 7) is 4.93. The van der Waals surface area contributed by atoms with Crippen molar-refractivity contribution in [2.24, 2.45) is 7.05 Å². The predicted molar refractivity (Wildman–Crippen MR) is 141 cm³/mol. The Morgan fingerprint density at radius 2 is 1.86 bits per heavy atom. The predicted octanol–water partition coefficient (Wildman–Crippen LogP) is 5.14. The van der Waals surface area contributed by atoms with Crippen molar-refractivity contribution < 1.29 is 4.74 Å². The molecule has 176 valence electrons. The summed E-state index contributed by atoms with van der Waals surface area (Å²) in [6.07, 6.45) is 3.93. The number of aryl methyl sites for hydroxylation is 1. The fourth-order valence-corrected chi connectivity index (χ4v) is 6.50. The summed E-state index contributed by atoms with van der Waals surface area (Å²) in [5.74, 6) is 0. The van der Waals surface area contributed by atoms with Crippen LogP contribution in [0.3, 0.4) is 0 Å². The Balaban J connectivity index is 1.11. The lowest BCUT2D eigenvalue weighted by Gasteiger charge is -2.26. The monoisotopic (exact) mass is 481 g/mol. The summed E-state index contributed by atoms with van der Waals surface area (Å²) >= 11 is 1.90. The maximum Gasteiger partial charge on any atom is 0.0963 e. The number of ether oxygens (including phenoxy) is 1. The third-order valence-electron chi connectivity index (χ3n) is 7.36. The molecule has 0 unspecified atom stereocenters. The second-order valence-corrected chi connectivity index (χ2v) is 10.6. The summed E-state index contributed by atoms with van der Waals surface area (Å²) in [6, 6.07) is 17.9. The van der Waals surface area contributed by atoms with E-state index in [0.29, 0.717) is 0 Å². The molecule has 7 rings (SSSR count). The Bertz CT molecular complexity index is 1520. The van der Waals surface area contributed by atoms with Gasteiger partial charge in [0.25, 0.3) is 0 Å². The molecule has 0 amide bonds. The van der Waals surface area contributed by atoms with Crippen molar-refractivity contribution in [2.75, 3.05) is 32.8 Å². The number of hydrogen-bond acceptors (Lipinski definition) is 5. The second kappa shape index (κ2) is 8.45. The minimum absolute atomic E-state index is 0.862. The van der Waals surface area contributed by atoms with E-state index in [9.17, 15) is 0 Å². The van der Waals surface area contributed by atoms with Crippen molar-refractivity contribution in [2.45, 2.75) is 12.8 Å². The number of aromatic amines is 1. The maximum atomic E-state index is 5.45. The number of morpholine rings is 1. The summed E-state index contributed by atoms with van der Waals surface area (Å²) < 4.78 is 7.37. The standard InChI is InChI=1S/C28H27N5OS/c1-32-24-14-20(6-7-21(24)17-29-32)27-23-16-26-22(28(23)31-30-27)15-25(35-26)19-4-2-18(3-5-19)8-9-33-10-12-34-13-11-33/h2-7,14-15,17H,8-13,16H2,1H3,(H,30,31). The van der Waals surface area contributed by atoms with Gasteiger partial charge in [-0.2, -0.15) is 10.2 Å². The third-order valence-corrected chi connectivity index (χ3v) is 8.55. The van der Waals surface area contributed by atoms with E-state index in [4.69, 9.17) is 9.84 Å². The van der Waals surface area contributed by atoms with Crippen molar-refractivity contribution in [3.8, 4) is 33.0 Å². The molecule has 3 aromatic heterocycles. The number of H-pyrrole nitrogens is 1. The first-order chi connectivity index (χ1) is 17.2. The van der Waals surface area contributed by atoms with Crippen LogP contribution in [0.1, 0.15) is 16.0 Å². The summed E-state index contributed by atoms with van der Waals surface area (Å²) in [7, 11) is 1.98. The van der Waals surface area contributed by atoms with E-state index >= 15 is 0 Å². The van der Waals surface area contributed by atoms with Crippen LogP contribution in [-0.2, 0) is 24.6 Å². The Morgan fingerprint density at radius 1 is 1.03 bits per heavy atom. The van der Waals surface area contributed by atoms with E-state index in [0.717, 1.165) is 67.8 Å². The van der Waals surface area contributed by atoms with Crippen LogP contribution in [0.2, 0.25) is 0 Å². The van der Waals surface area contributed by atoms with Gasteiger partial charge in [0.05, 0.1) is 36.3 Å². The lowest BCUT2D eigenvalue weighted by Crippen LogP contribution is -2.37. The quantitative estimate of drug-likeness (QED) is 0.371. The number of nitrogens with zero attached hydrogens (tertiary/aromatic N) is 4. The van der Waals surface area contributed by atoms with E-state index in [1.807, 2.05) is 29.3 Å². The number of rotatable bonds is 5. The van der Waals surface area contributed by atoms with Crippen molar-refractivity contribution in [1.29, 1.82) is 0 Å². The van der Waals surface area contributed by atoms with Gasteiger partial charge in [0.1, 0.15) is 0 Å². The van der Waals surface area contributed by atoms with E-state index in [-0.39, 0.29) is 0 Å². The first-order valence-electron chi connectivity index (χ1n) is 12.2. The Labute approximate surface area is 208 Å². The molecule has 4 heterocycles. The zero-order valence-electron chi connectivity index (χ0n) is 19.8. The normalized spacial score (nSPS) is 15.6. The number of hydrogen-bond donors (Lipinski definition) is 1. The summed E-state index contributed by atoms with van der Waals surface area (Å²) in [5.41, 5.74) is 9.79. The Hall–Kier alpha value is -3.26. The van der Waals surface area contributed by atoms with Gasteiger partial charge < -0.3 is 4.74 Å². The molecule has 1 N–H and O–H groups in total. The highest BCUT2D eigenvalue weighted by molar-refractivity contribution is 7.16. The minimum atomic E-state index is 0.862. The lowest BCUT2D eigenvalue weighted by molar-refractivity contribution is 0.0384. The van der Waals surface area contributed by atoms with E-state index in [2.05, 4.69) is 63.6 Å². The molecule has 1 saturated heterocycles. The van der Waals surface area contributed by atoms with Crippen LogP contribution in [0.25, 0.3) is 43.9 Å². The lowest BCUT2D eigenvalue weighted by atomic mass is 10.0. The highest BCUT2D eigenvalue weighted by Gasteiger charge is 2.28. The molecule has 0 spiro atoms. The van der Waals surface area contributed by atoms with Gasteiger partial charge in [-0.3, -0.25) is 14.7 Å². The Morgan fingerprint density at radius 3 is 2.71 bits per heavy atom. The molecule has 35 heavy (non-hydrogen) atoms. The van der Waals surface area contributed by atoms with Gasteiger partial charge in [-0.05, 0) is 29.7 Å². The van der Waals surface area contributed by atoms with Crippen molar-refractivity contribution >= 4 is 22.2 Å². The SMILES string of the molecule is Cn1ncc2ccc(-c3n[nH]c4c3Cc3sc(-c5ccc(CCN6CCOCC6)cc5)cc3-4)cc21. The fraction of sp³-hybridized carbons (Fsp3) is 0.286. The molecule has 2 aromatic carbocycles. The molecular formula is C28H27N5OS. The van der Waals surface area contributed by atoms with Crippen molar-refractivity contribution in [1.82, 2.24) is 24.9 Å². The van der Waals surface area contributed by atoms with Gasteiger partial charge in [-0.1, -0.05) is 36.4 Å². The molecule has 1 fully saturated rings. The molecular weight excluding hydrogens is 454 g/mol. The smallest absolute Gasteiger partial charge is 0.0963 e. The molecule has 0 atom stereocenters. The molecule has 2 aliphatic rings. The molecule has 1 aliphatic carbocycles. The first kappa shape index (κ1) is 21.1. The number of aromatic nitrogens is 4. The number of fused-ring (bicyclic) bond motifs is 4. The molecule has 6 nitrogen and oxygen atoms in total. The van der Waals surface area contributed by atoms with Gasteiger partial charge >= 0.3 is 0 Å². The van der Waals surface area contributed by atoms with Gasteiger partial charge in [0.15, 0.2) is 0 Å². The highest BCUT2D eigenvalue weighted by atomic mass is 32.1. The van der Waals surface area contributed by atoms with E-state index < -0.39 is 0 Å². The summed E-state index contributed by atoms with van der Waals surface area (Å²) in [5, 5.41) is 13.6. The number of nitrogens with one attached hydrogen (secondary N) is 1. The fourth-order valence-electron chi connectivity index (χ4n) is 5.31. The van der Waals surface area contributed by atoms with Gasteiger partial charge in [0, 0.05) is 64.9 Å². The van der Waals surface area contributed by atoms with Gasteiger partial charge in [-0.25, -0.2) is 0 Å². The van der Waals surface area contributed by atoms with Crippen LogP contribution in [0.5, 0.6) is 0 Å². The zero-order chi connectivity index (χ0) is 23.4. The Kier molecular flexibility index (Phi) is 5.08. The molecule has 0 radical (unpaired) electrons. The molecule has 7 heteroatoms. The zero-order valence-corrected chi connectivity index (χ0v) is 20.6. The van der Waals surface area contributed by atoms with Gasteiger partial charge in [-0.15, -0.1) is 11.3 Å². The molecule has 0 bridgehead atoms. The van der Waals surface area contributed by atoms with Crippen LogP contribution in [-0.4, -0.2) is 57.7 Å².